The molecule has 2 unspecified atom stereocenters. The number of allylic oxidation sites excluding steroid dienone is 4. The Hall–Kier alpha value is -8.58. The molecule has 13 aromatic rings. The molecule has 13 aromatic carbocycles. The summed E-state index contributed by atoms with van der Waals surface area (Å²) < 4.78 is 0. The second-order valence-electron chi connectivity index (χ2n) is 18.5. The van der Waals surface area contributed by atoms with Crippen molar-refractivity contribution in [3.8, 4) is 0 Å². The van der Waals surface area contributed by atoms with Gasteiger partial charge in [-0.2, -0.15) is 0 Å². The zero-order valence-corrected chi connectivity index (χ0v) is 39.3. The minimum Gasteiger partial charge on any atom is -0.0805 e. The Morgan fingerprint density at radius 3 is 0.507 bits per heavy atom. The van der Waals surface area contributed by atoms with E-state index >= 15 is 0 Å². The molecule has 0 nitrogen and oxygen atoms in total. The van der Waals surface area contributed by atoms with Crippen LogP contribution in [0.2, 0.25) is 0 Å². The molecule has 0 N–H and O–H groups in total. The van der Waals surface area contributed by atoms with Crippen LogP contribution in [-0.4, -0.2) is 0 Å². The number of hydrogen-bond acceptors (Lipinski definition) is 0. The molecule has 2 aliphatic carbocycles. The number of fused-ring (bicyclic) bond motifs is 10. The summed E-state index contributed by atoms with van der Waals surface area (Å²) in [7, 11) is 0. The summed E-state index contributed by atoms with van der Waals surface area (Å²) in [6.45, 7) is 0. The molecular weight excluding hydrogens is 853 g/mol. The maximum absolute atomic E-state index is 2.36. The van der Waals surface area contributed by atoms with E-state index in [2.05, 4.69) is 291 Å². The lowest BCUT2D eigenvalue weighted by molar-refractivity contribution is 0.437. The van der Waals surface area contributed by atoms with Gasteiger partial charge >= 0.3 is 2.85 Å². The first-order valence-corrected chi connectivity index (χ1v) is 24.6. The molecule has 0 aromatic heterocycles. The average Bonchev–Trinajstić information content (AvgIpc) is 3.43. The van der Waals surface area contributed by atoms with Crippen molar-refractivity contribution in [2.75, 3.05) is 0 Å². The van der Waals surface area contributed by atoms with E-state index in [0.29, 0.717) is 0 Å². The van der Waals surface area contributed by atoms with Crippen LogP contribution in [-0.2, 0) is 12.8 Å². The topological polar surface area (TPSA) is 0 Å². The van der Waals surface area contributed by atoms with Gasteiger partial charge in [-0.25, -0.2) is 0 Å². The molecule has 0 saturated carbocycles. The van der Waals surface area contributed by atoms with Gasteiger partial charge in [0.05, 0.1) is 0 Å². The van der Waals surface area contributed by atoms with E-state index in [4.69, 9.17) is 0 Å². The molecule has 342 valence electrons. The van der Waals surface area contributed by atoms with Gasteiger partial charge in [0.25, 0.3) is 0 Å². The van der Waals surface area contributed by atoms with Crippen LogP contribution in [0, 0.1) is 11.8 Å². The summed E-state index contributed by atoms with van der Waals surface area (Å²) in [5.74, 6) is 1.49. The monoisotopic (exact) mass is 912 g/mol. The summed E-state index contributed by atoms with van der Waals surface area (Å²) in [6.07, 6.45) is 11.6. The fourth-order valence-corrected chi connectivity index (χ4v) is 10.1. The third kappa shape index (κ3) is 10.8. The molecule has 15 rings (SSSR count). The van der Waals surface area contributed by atoms with Gasteiger partial charge < -0.3 is 0 Å². The summed E-state index contributed by atoms with van der Waals surface area (Å²) in [5.41, 5.74) is 3.10. The predicted octanol–water partition coefficient (Wildman–Crippen LogP) is 20.0. The summed E-state index contributed by atoms with van der Waals surface area (Å²) in [4.78, 5) is 0. The molecule has 0 heterocycles. The Morgan fingerprint density at radius 2 is 0.352 bits per heavy atom. The Morgan fingerprint density at radius 1 is 0.211 bits per heavy atom. The van der Waals surface area contributed by atoms with Crippen molar-refractivity contribution in [2.24, 2.45) is 11.8 Å². The average molecular weight is 913 g/mol. The molecule has 0 radical (unpaired) electrons. The third-order valence-electron chi connectivity index (χ3n) is 13.9. The van der Waals surface area contributed by atoms with Crippen molar-refractivity contribution in [3.05, 3.63) is 302 Å². The van der Waals surface area contributed by atoms with E-state index in [9.17, 15) is 0 Å². The Balaban J connectivity index is 0.000000121. The highest BCUT2D eigenvalue weighted by atomic mass is 14.3. The summed E-state index contributed by atoms with van der Waals surface area (Å²) >= 11 is 0. The van der Waals surface area contributed by atoms with E-state index in [1.165, 1.54) is 99.0 Å². The largest absolute Gasteiger partial charge is 1.00 e. The quantitative estimate of drug-likeness (QED) is 0.133. The van der Waals surface area contributed by atoms with Crippen LogP contribution in [0.5, 0.6) is 0 Å². The minimum absolute atomic E-state index is 0. The van der Waals surface area contributed by atoms with Gasteiger partial charge in [0.15, 0.2) is 0 Å². The first kappa shape index (κ1) is 46.2. The van der Waals surface area contributed by atoms with Crippen molar-refractivity contribution >= 4 is 86.2 Å². The van der Waals surface area contributed by atoms with Crippen LogP contribution in [0.4, 0.5) is 0 Å². The molecule has 0 aliphatic heterocycles. The number of hydrogen-bond donors (Lipinski definition) is 0. The lowest BCUT2D eigenvalue weighted by Gasteiger charge is -2.30. The maximum atomic E-state index is 2.36. The van der Waals surface area contributed by atoms with Crippen LogP contribution in [0.3, 0.4) is 0 Å². The number of rotatable bonds is 0. The fraction of sp³-hybridized carbons (Fsp3) is 0.0704. The maximum Gasteiger partial charge on any atom is 1.00 e. The summed E-state index contributed by atoms with van der Waals surface area (Å²) in [5, 5.41) is 21.0. The van der Waals surface area contributed by atoms with Crippen molar-refractivity contribution < 1.29 is 2.85 Å². The minimum atomic E-state index is 0. The van der Waals surface area contributed by atoms with E-state index in [1.54, 1.807) is 11.1 Å². The molecule has 71 heavy (non-hydrogen) atoms. The van der Waals surface area contributed by atoms with Crippen molar-refractivity contribution in [1.29, 1.82) is 0 Å². The van der Waals surface area contributed by atoms with Gasteiger partial charge in [-0.3, -0.25) is 0 Å². The van der Waals surface area contributed by atoms with Gasteiger partial charge in [0.2, 0.25) is 0 Å². The van der Waals surface area contributed by atoms with E-state index in [0.717, 1.165) is 11.8 Å². The molecule has 0 amide bonds. The van der Waals surface area contributed by atoms with Crippen LogP contribution >= 0.6 is 0 Å². The summed E-state index contributed by atoms with van der Waals surface area (Å²) in [6, 6.07) is 94.5. The Bertz CT molecular complexity index is 3090. The first-order chi connectivity index (χ1) is 34.7. The normalized spacial score (nSPS) is 14.1. The van der Waals surface area contributed by atoms with E-state index in [-0.39, 0.29) is 10.3 Å². The van der Waals surface area contributed by atoms with Gasteiger partial charge in [0, 0.05) is 0 Å². The van der Waals surface area contributed by atoms with Crippen LogP contribution in [0.25, 0.3) is 86.2 Å². The van der Waals surface area contributed by atoms with E-state index in [1.807, 2.05) is 0 Å². The molecule has 2 aliphatic rings. The first-order valence-electron chi connectivity index (χ1n) is 24.6. The molecule has 0 bridgehead atoms. The van der Waals surface area contributed by atoms with Gasteiger partial charge in [0.1, 0.15) is 0 Å². The fourth-order valence-electron chi connectivity index (χ4n) is 10.1. The molecule has 0 spiro atoms. The van der Waals surface area contributed by atoms with Crippen LogP contribution in [0.15, 0.2) is 291 Å². The second-order valence-corrected chi connectivity index (χ2v) is 18.5. The molecule has 2 atom stereocenters. The highest BCUT2D eigenvalue weighted by Gasteiger charge is 2.25. The highest BCUT2D eigenvalue weighted by molar-refractivity contribution is 6.01. The standard InChI is InChI=1S/C14H14.4C14H10.CH4/c5*1-2-6-12-10-14-8-4-3-7-13(14)9-11(12)5-1;/h1-8,11-12H,9-10H2;4*1-10H;1H4/p+2. The zero-order valence-electron chi connectivity index (χ0n) is 41.3. The van der Waals surface area contributed by atoms with Crippen molar-refractivity contribution in [3.63, 3.8) is 0 Å². The zero-order chi connectivity index (χ0) is 46.9. The Labute approximate surface area is 421 Å². The van der Waals surface area contributed by atoms with Crippen molar-refractivity contribution in [2.45, 2.75) is 20.3 Å². The Kier molecular flexibility index (Phi) is 14.2. The highest BCUT2D eigenvalue weighted by Crippen LogP contribution is 2.34. The van der Waals surface area contributed by atoms with Crippen LogP contribution in [0.1, 0.15) is 21.4 Å². The van der Waals surface area contributed by atoms with Gasteiger partial charge in [-0.1, -0.05) is 250 Å². The molecule has 0 saturated heterocycles. The van der Waals surface area contributed by atoms with E-state index < -0.39 is 0 Å². The molecular formula is C71H60+2. The predicted molar refractivity (Wildman–Crippen MR) is 314 cm³/mol. The SMILES string of the molecule is C.C1=CC2Cc3ccccc3CC2C=C1.[H+].[H+].c1ccc2cc3ccccc3cc2c1.c1ccc2cc3ccccc3cc2c1.c1ccc2cc3ccccc3cc2c1.c1ccc2cc3ccccc3cc2c1. The smallest absolute Gasteiger partial charge is 0.0805 e. The molecule has 0 fully saturated rings. The number of benzene rings is 13. The van der Waals surface area contributed by atoms with Crippen LogP contribution < -0.4 is 0 Å². The molecule has 0 heteroatoms. The lowest BCUT2D eigenvalue weighted by atomic mass is 9.74. The van der Waals surface area contributed by atoms with Gasteiger partial charge in [-0.05, 0) is 171 Å². The van der Waals surface area contributed by atoms with Crippen molar-refractivity contribution in [1.82, 2.24) is 0 Å². The second kappa shape index (κ2) is 21.8. The third-order valence-corrected chi connectivity index (χ3v) is 13.9. The van der Waals surface area contributed by atoms with Gasteiger partial charge in [-0.15, -0.1) is 0 Å². The lowest BCUT2D eigenvalue weighted by Crippen LogP contribution is -2.23.